The Morgan fingerprint density at radius 1 is 1.00 bits per heavy atom. The number of carbonyl (C=O) groups excluding carboxylic acids is 1. The SMILES string of the molecule is Cc1cccc(-c2cc(Nc3ccc(C(=O)N(C)C4CCCCC4)cc3)ncn2)c1. The molecular weight excluding hydrogens is 372 g/mol. The first-order valence-corrected chi connectivity index (χ1v) is 10.6. The van der Waals surface area contributed by atoms with Crippen LogP contribution in [0.25, 0.3) is 11.3 Å². The highest BCUT2D eigenvalue weighted by molar-refractivity contribution is 5.94. The maximum Gasteiger partial charge on any atom is 0.253 e. The van der Waals surface area contributed by atoms with Gasteiger partial charge in [0.05, 0.1) is 5.69 Å². The Labute approximate surface area is 178 Å². The minimum Gasteiger partial charge on any atom is -0.340 e. The van der Waals surface area contributed by atoms with E-state index >= 15 is 0 Å². The first-order valence-electron chi connectivity index (χ1n) is 10.6. The molecule has 1 heterocycles. The summed E-state index contributed by atoms with van der Waals surface area (Å²) < 4.78 is 0. The maximum absolute atomic E-state index is 12.8. The highest BCUT2D eigenvalue weighted by Crippen LogP contribution is 2.24. The van der Waals surface area contributed by atoms with Gasteiger partial charge in [0, 0.05) is 36.0 Å². The summed E-state index contributed by atoms with van der Waals surface area (Å²) in [5.41, 5.74) is 4.74. The van der Waals surface area contributed by atoms with Crippen molar-refractivity contribution in [2.45, 2.75) is 45.1 Å². The molecule has 1 N–H and O–H groups in total. The lowest BCUT2D eigenvalue weighted by molar-refractivity contribution is 0.0696. The molecule has 1 aliphatic carbocycles. The van der Waals surface area contributed by atoms with Crippen molar-refractivity contribution >= 4 is 17.4 Å². The molecule has 154 valence electrons. The Hall–Kier alpha value is -3.21. The lowest BCUT2D eigenvalue weighted by atomic mass is 9.94. The van der Waals surface area contributed by atoms with E-state index in [0.717, 1.165) is 41.2 Å². The number of carbonyl (C=O) groups is 1. The summed E-state index contributed by atoms with van der Waals surface area (Å²) in [7, 11) is 1.93. The molecule has 1 aliphatic rings. The second kappa shape index (κ2) is 9.08. The number of hydrogen-bond acceptors (Lipinski definition) is 4. The van der Waals surface area contributed by atoms with Crippen molar-refractivity contribution in [3.05, 3.63) is 72.1 Å². The van der Waals surface area contributed by atoms with Crippen LogP contribution in [0.5, 0.6) is 0 Å². The van der Waals surface area contributed by atoms with Crippen LogP contribution in [0.3, 0.4) is 0 Å². The average molecular weight is 401 g/mol. The zero-order chi connectivity index (χ0) is 20.9. The predicted molar refractivity (Wildman–Crippen MR) is 121 cm³/mol. The van der Waals surface area contributed by atoms with Gasteiger partial charge in [0.1, 0.15) is 12.1 Å². The van der Waals surface area contributed by atoms with Gasteiger partial charge in [-0.15, -0.1) is 0 Å². The van der Waals surface area contributed by atoms with Gasteiger partial charge in [0.15, 0.2) is 0 Å². The molecule has 1 saturated carbocycles. The number of nitrogens with zero attached hydrogens (tertiary/aromatic N) is 3. The minimum absolute atomic E-state index is 0.0946. The molecule has 5 heteroatoms. The monoisotopic (exact) mass is 400 g/mol. The third-order valence-corrected chi connectivity index (χ3v) is 5.83. The van der Waals surface area contributed by atoms with Gasteiger partial charge in [0.25, 0.3) is 5.91 Å². The van der Waals surface area contributed by atoms with Crippen LogP contribution in [0.2, 0.25) is 0 Å². The molecule has 0 bridgehead atoms. The van der Waals surface area contributed by atoms with E-state index < -0.39 is 0 Å². The van der Waals surface area contributed by atoms with Crippen LogP contribution >= 0.6 is 0 Å². The quantitative estimate of drug-likeness (QED) is 0.606. The fourth-order valence-electron chi connectivity index (χ4n) is 4.07. The summed E-state index contributed by atoms with van der Waals surface area (Å²) in [6, 6.07) is 18.2. The van der Waals surface area contributed by atoms with Crippen LogP contribution in [-0.4, -0.2) is 33.9 Å². The number of nitrogens with one attached hydrogen (secondary N) is 1. The number of benzene rings is 2. The molecule has 0 spiro atoms. The van der Waals surface area contributed by atoms with Gasteiger partial charge in [-0.3, -0.25) is 4.79 Å². The van der Waals surface area contributed by atoms with E-state index in [2.05, 4.69) is 34.3 Å². The second-order valence-electron chi connectivity index (χ2n) is 8.07. The van der Waals surface area contributed by atoms with Crippen LogP contribution in [0.15, 0.2) is 60.9 Å². The van der Waals surface area contributed by atoms with Gasteiger partial charge in [-0.25, -0.2) is 9.97 Å². The summed E-state index contributed by atoms with van der Waals surface area (Å²) in [6.45, 7) is 2.07. The van der Waals surface area contributed by atoms with E-state index in [1.165, 1.54) is 24.8 Å². The highest BCUT2D eigenvalue weighted by Gasteiger charge is 2.22. The fraction of sp³-hybridized carbons (Fsp3) is 0.320. The van der Waals surface area contributed by atoms with Crippen LogP contribution < -0.4 is 5.32 Å². The van der Waals surface area contributed by atoms with Crippen molar-refractivity contribution in [3.8, 4) is 11.3 Å². The van der Waals surface area contributed by atoms with Gasteiger partial charge >= 0.3 is 0 Å². The maximum atomic E-state index is 12.8. The van der Waals surface area contributed by atoms with E-state index in [1.807, 2.05) is 54.4 Å². The molecule has 0 unspecified atom stereocenters. The minimum atomic E-state index is 0.0946. The first-order chi connectivity index (χ1) is 14.6. The Morgan fingerprint density at radius 2 is 1.77 bits per heavy atom. The third-order valence-electron chi connectivity index (χ3n) is 5.83. The molecule has 30 heavy (non-hydrogen) atoms. The standard InChI is InChI=1S/C25H28N4O/c1-18-7-6-8-20(15-18)23-16-24(27-17-26-23)28-21-13-11-19(12-14-21)25(30)29(2)22-9-4-3-5-10-22/h6-8,11-17,22H,3-5,9-10H2,1-2H3,(H,26,27,28). The molecule has 1 amide bonds. The fourth-order valence-corrected chi connectivity index (χ4v) is 4.07. The van der Waals surface area contributed by atoms with Gasteiger partial charge in [0.2, 0.25) is 0 Å². The molecule has 1 aromatic heterocycles. The van der Waals surface area contributed by atoms with Crippen molar-refractivity contribution in [2.24, 2.45) is 0 Å². The van der Waals surface area contributed by atoms with Crippen LogP contribution in [0.1, 0.15) is 48.0 Å². The average Bonchev–Trinajstić information content (AvgIpc) is 2.79. The smallest absolute Gasteiger partial charge is 0.253 e. The summed E-state index contributed by atoms with van der Waals surface area (Å²) >= 11 is 0. The summed E-state index contributed by atoms with van der Waals surface area (Å²) in [6.07, 6.45) is 7.51. The lowest BCUT2D eigenvalue weighted by Gasteiger charge is -2.31. The number of aromatic nitrogens is 2. The van der Waals surface area contributed by atoms with Crippen molar-refractivity contribution < 1.29 is 4.79 Å². The zero-order valence-electron chi connectivity index (χ0n) is 17.6. The molecule has 5 nitrogen and oxygen atoms in total. The molecular formula is C25H28N4O. The number of aryl methyl sites for hydroxylation is 1. The third kappa shape index (κ3) is 4.67. The van der Waals surface area contributed by atoms with E-state index in [0.29, 0.717) is 6.04 Å². The zero-order valence-corrected chi connectivity index (χ0v) is 17.6. The molecule has 0 radical (unpaired) electrons. The van der Waals surface area contributed by atoms with Gasteiger partial charge in [-0.2, -0.15) is 0 Å². The largest absolute Gasteiger partial charge is 0.340 e. The van der Waals surface area contributed by atoms with Crippen molar-refractivity contribution in [1.82, 2.24) is 14.9 Å². The van der Waals surface area contributed by atoms with Crippen LogP contribution in [0.4, 0.5) is 11.5 Å². The lowest BCUT2D eigenvalue weighted by Crippen LogP contribution is -2.38. The number of amides is 1. The first kappa shape index (κ1) is 20.1. The number of anilines is 2. The topological polar surface area (TPSA) is 58.1 Å². The molecule has 3 aromatic rings. The normalized spacial score (nSPS) is 14.3. The summed E-state index contributed by atoms with van der Waals surface area (Å²) in [5, 5.41) is 3.31. The van der Waals surface area contributed by atoms with Gasteiger partial charge in [-0.05, 0) is 50.1 Å². The van der Waals surface area contributed by atoms with Crippen molar-refractivity contribution in [2.75, 3.05) is 12.4 Å². The van der Waals surface area contributed by atoms with Crippen LogP contribution in [0, 0.1) is 6.92 Å². The van der Waals surface area contributed by atoms with Gasteiger partial charge < -0.3 is 10.2 Å². The van der Waals surface area contributed by atoms with Crippen molar-refractivity contribution in [3.63, 3.8) is 0 Å². The Balaban J connectivity index is 1.45. The summed E-state index contributed by atoms with van der Waals surface area (Å²) in [5.74, 6) is 0.817. The molecule has 0 saturated heterocycles. The predicted octanol–water partition coefficient (Wildman–Crippen LogP) is 5.60. The number of rotatable bonds is 5. The van der Waals surface area contributed by atoms with E-state index in [9.17, 15) is 4.79 Å². The Morgan fingerprint density at radius 3 is 2.50 bits per heavy atom. The molecule has 2 aromatic carbocycles. The number of hydrogen-bond donors (Lipinski definition) is 1. The molecule has 1 fully saturated rings. The van der Waals surface area contributed by atoms with Gasteiger partial charge in [-0.1, -0.05) is 43.0 Å². The Kier molecular flexibility index (Phi) is 6.07. The summed E-state index contributed by atoms with van der Waals surface area (Å²) in [4.78, 5) is 23.5. The van der Waals surface area contributed by atoms with E-state index in [1.54, 1.807) is 6.33 Å². The molecule has 0 atom stereocenters. The highest BCUT2D eigenvalue weighted by atomic mass is 16.2. The second-order valence-corrected chi connectivity index (χ2v) is 8.07. The van der Waals surface area contributed by atoms with Crippen molar-refractivity contribution in [1.29, 1.82) is 0 Å². The molecule has 4 rings (SSSR count). The van der Waals surface area contributed by atoms with Crippen LogP contribution in [-0.2, 0) is 0 Å². The Bertz CT molecular complexity index is 1010. The van der Waals surface area contributed by atoms with E-state index in [-0.39, 0.29) is 5.91 Å². The molecule has 0 aliphatic heterocycles. The van der Waals surface area contributed by atoms with E-state index in [4.69, 9.17) is 0 Å².